The van der Waals surface area contributed by atoms with Crippen molar-refractivity contribution in [3.8, 4) is 0 Å². The van der Waals surface area contributed by atoms with Crippen molar-refractivity contribution in [3.63, 3.8) is 0 Å². The number of amides is 3. The number of rotatable bonds is 12. The minimum absolute atomic E-state index is 0.0344. The molecule has 1 aliphatic rings. The number of hydrogen-bond acceptors (Lipinski definition) is 5. The second kappa shape index (κ2) is 13.7. The third-order valence-corrected chi connectivity index (χ3v) is 9.72. The standard InChI is InChI=1S/C31H33Cl2N3O5S/c1-3-21(2)34-30(38)27(18-22-10-5-4-6-11-22)35(20-23-15-16-24(32)19-26(23)33)29(37)14-9-17-36-31(39)25-12-7-8-13-28(25)42(36,40)41/h4-8,10-13,15-16,19,21,27H,3,9,14,17-18,20H2,1-2H3,(H,34,38)/t21-,27+/m1/s1. The number of nitrogens with zero attached hydrogens (tertiary/aromatic N) is 2. The molecule has 8 nitrogen and oxygen atoms in total. The lowest BCUT2D eigenvalue weighted by Crippen LogP contribution is -2.52. The number of halogens is 2. The van der Waals surface area contributed by atoms with E-state index in [1.165, 1.54) is 17.0 Å². The molecule has 0 radical (unpaired) electrons. The van der Waals surface area contributed by atoms with E-state index in [0.717, 1.165) is 9.87 Å². The van der Waals surface area contributed by atoms with Gasteiger partial charge in [-0.15, -0.1) is 0 Å². The van der Waals surface area contributed by atoms with E-state index in [1.54, 1.807) is 30.3 Å². The van der Waals surface area contributed by atoms with Crippen molar-refractivity contribution < 1.29 is 22.8 Å². The van der Waals surface area contributed by atoms with Gasteiger partial charge < -0.3 is 10.2 Å². The predicted octanol–water partition coefficient (Wildman–Crippen LogP) is 5.47. The van der Waals surface area contributed by atoms with E-state index in [4.69, 9.17) is 23.2 Å². The highest BCUT2D eigenvalue weighted by atomic mass is 35.5. The van der Waals surface area contributed by atoms with Crippen LogP contribution >= 0.6 is 23.2 Å². The smallest absolute Gasteiger partial charge is 0.269 e. The molecule has 11 heteroatoms. The Morgan fingerprint density at radius 1 is 1.00 bits per heavy atom. The van der Waals surface area contributed by atoms with E-state index in [-0.39, 0.29) is 60.7 Å². The van der Waals surface area contributed by atoms with Crippen LogP contribution in [0.2, 0.25) is 10.0 Å². The molecule has 3 amide bonds. The van der Waals surface area contributed by atoms with Crippen LogP contribution in [0.1, 0.15) is 54.6 Å². The zero-order valence-electron chi connectivity index (χ0n) is 23.4. The Labute approximate surface area is 256 Å². The average molecular weight is 631 g/mol. The molecule has 0 spiro atoms. The second-order valence-electron chi connectivity index (χ2n) is 10.3. The summed E-state index contributed by atoms with van der Waals surface area (Å²) in [6.45, 7) is 3.72. The number of carbonyl (C=O) groups excluding carboxylic acids is 3. The van der Waals surface area contributed by atoms with E-state index in [1.807, 2.05) is 44.2 Å². The van der Waals surface area contributed by atoms with Gasteiger partial charge >= 0.3 is 0 Å². The molecule has 0 aromatic heterocycles. The zero-order chi connectivity index (χ0) is 30.4. The maximum Gasteiger partial charge on any atom is 0.269 e. The molecule has 0 fully saturated rings. The monoisotopic (exact) mass is 629 g/mol. The van der Waals surface area contributed by atoms with Crippen LogP contribution in [0.5, 0.6) is 0 Å². The Morgan fingerprint density at radius 3 is 2.36 bits per heavy atom. The lowest BCUT2D eigenvalue weighted by Gasteiger charge is -2.33. The van der Waals surface area contributed by atoms with Gasteiger partial charge in [0, 0.05) is 42.0 Å². The van der Waals surface area contributed by atoms with Gasteiger partial charge in [0.05, 0.1) is 5.56 Å². The molecule has 1 N–H and O–H groups in total. The highest BCUT2D eigenvalue weighted by Gasteiger charge is 2.40. The summed E-state index contributed by atoms with van der Waals surface area (Å²) in [5.41, 5.74) is 1.59. The van der Waals surface area contributed by atoms with Crippen LogP contribution in [0.15, 0.2) is 77.7 Å². The van der Waals surface area contributed by atoms with Crippen molar-refractivity contribution in [2.24, 2.45) is 0 Å². The molecular formula is C31H33Cl2N3O5S. The van der Waals surface area contributed by atoms with E-state index in [9.17, 15) is 22.8 Å². The van der Waals surface area contributed by atoms with Gasteiger partial charge in [-0.05, 0) is 55.2 Å². The minimum atomic E-state index is -3.99. The molecule has 2 atom stereocenters. The molecule has 0 unspecified atom stereocenters. The van der Waals surface area contributed by atoms with Crippen LogP contribution in [0.25, 0.3) is 0 Å². The van der Waals surface area contributed by atoms with Gasteiger partial charge in [-0.1, -0.05) is 78.7 Å². The largest absolute Gasteiger partial charge is 0.352 e. The van der Waals surface area contributed by atoms with Crippen molar-refractivity contribution in [1.82, 2.24) is 14.5 Å². The molecule has 3 aromatic rings. The fraction of sp³-hybridized carbons (Fsp3) is 0.323. The molecule has 0 saturated carbocycles. The van der Waals surface area contributed by atoms with Crippen molar-refractivity contribution in [1.29, 1.82) is 0 Å². The lowest BCUT2D eigenvalue weighted by atomic mass is 10.0. The summed E-state index contributed by atoms with van der Waals surface area (Å²) in [4.78, 5) is 41.8. The minimum Gasteiger partial charge on any atom is -0.352 e. The van der Waals surface area contributed by atoms with Crippen molar-refractivity contribution >= 4 is 50.9 Å². The lowest BCUT2D eigenvalue weighted by molar-refractivity contribution is -0.141. The predicted molar refractivity (Wildman–Crippen MR) is 163 cm³/mol. The first-order valence-electron chi connectivity index (χ1n) is 13.8. The summed E-state index contributed by atoms with van der Waals surface area (Å²) >= 11 is 12.6. The Morgan fingerprint density at radius 2 is 1.69 bits per heavy atom. The third-order valence-electron chi connectivity index (χ3n) is 7.29. The number of nitrogens with one attached hydrogen (secondary N) is 1. The zero-order valence-corrected chi connectivity index (χ0v) is 25.8. The molecular weight excluding hydrogens is 597 g/mol. The topological polar surface area (TPSA) is 104 Å². The van der Waals surface area contributed by atoms with Crippen LogP contribution in [0, 0.1) is 0 Å². The summed E-state index contributed by atoms with van der Waals surface area (Å²) < 4.78 is 26.8. The highest BCUT2D eigenvalue weighted by molar-refractivity contribution is 7.90. The van der Waals surface area contributed by atoms with Crippen LogP contribution in [-0.4, -0.2) is 54.0 Å². The van der Waals surface area contributed by atoms with Crippen LogP contribution in [0.3, 0.4) is 0 Å². The Bertz CT molecular complexity index is 1570. The fourth-order valence-corrected chi connectivity index (χ4v) is 6.87. The van der Waals surface area contributed by atoms with Crippen molar-refractivity contribution in [2.75, 3.05) is 6.54 Å². The summed E-state index contributed by atoms with van der Waals surface area (Å²) in [7, 11) is -3.99. The van der Waals surface area contributed by atoms with Crippen LogP contribution < -0.4 is 5.32 Å². The Kier molecular flexibility index (Phi) is 10.3. The maximum absolute atomic E-state index is 13.9. The number of carbonyl (C=O) groups is 3. The van der Waals surface area contributed by atoms with E-state index in [2.05, 4.69) is 5.32 Å². The Balaban J connectivity index is 1.60. The van der Waals surface area contributed by atoms with E-state index < -0.39 is 22.0 Å². The number of hydrogen-bond donors (Lipinski definition) is 1. The van der Waals surface area contributed by atoms with Crippen LogP contribution in [-0.2, 0) is 32.6 Å². The van der Waals surface area contributed by atoms with E-state index in [0.29, 0.717) is 22.0 Å². The molecule has 4 rings (SSSR count). The molecule has 3 aromatic carbocycles. The van der Waals surface area contributed by atoms with Gasteiger partial charge in [-0.3, -0.25) is 14.4 Å². The van der Waals surface area contributed by atoms with Crippen LogP contribution in [0.4, 0.5) is 0 Å². The first-order valence-corrected chi connectivity index (χ1v) is 16.0. The number of benzene rings is 3. The van der Waals surface area contributed by atoms with Gasteiger partial charge in [-0.25, -0.2) is 12.7 Å². The highest BCUT2D eigenvalue weighted by Crippen LogP contribution is 2.30. The molecule has 1 aliphatic heterocycles. The molecule has 0 aliphatic carbocycles. The number of fused-ring (bicyclic) bond motifs is 1. The SMILES string of the molecule is CC[C@@H](C)NC(=O)[C@H](Cc1ccccc1)N(Cc1ccc(Cl)cc1Cl)C(=O)CCCN1C(=O)c2ccccc2S1(=O)=O. The molecule has 0 saturated heterocycles. The maximum atomic E-state index is 13.9. The number of sulfonamides is 1. The quantitative estimate of drug-likeness (QED) is 0.286. The first kappa shape index (κ1) is 31.5. The summed E-state index contributed by atoms with van der Waals surface area (Å²) in [6, 6.07) is 19.4. The average Bonchev–Trinajstić information content (AvgIpc) is 3.16. The summed E-state index contributed by atoms with van der Waals surface area (Å²) in [5, 5.41) is 3.80. The van der Waals surface area contributed by atoms with Gasteiger partial charge in [0.1, 0.15) is 10.9 Å². The molecule has 0 bridgehead atoms. The van der Waals surface area contributed by atoms with Gasteiger partial charge in [0.25, 0.3) is 15.9 Å². The van der Waals surface area contributed by atoms with Gasteiger partial charge in [0.15, 0.2) is 0 Å². The van der Waals surface area contributed by atoms with E-state index >= 15 is 0 Å². The molecule has 42 heavy (non-hydrogen) atoms. The van der Waals surface area contributed by atoms with Crippen molar-refractivity contribution in [3.05, 3.63) is 99.5 Å². The van der Waals surface area contributed by atoms with Crippen molar-refractivity contribution in [2.45, 2.75) is 63.1 Å². The normalized spacial score (nSPS) is 15.1. The van der Waals surface area contributed by atoms with Gasteiger partial charge in [0.2, 0.25) is 11.8 Å². The first-order chi connectivity index (χ1) is 20.0. The summed E-state index contributed by atoms with van der Waals surface area (Å²) in [5.74, 6) is -1.29. The third kappa shape index (κ3) is 7.14. The van der Waals surface area contributed by atoms with Gasteiger partial charge in [-0.2, -0.15) is 0 Å². The fourth-order valence-electron chi connectivity index (χ4n) is 4.80. The Hall–Kier alpha value is -3.40. The molecule has 222 valence electrons. The molecule has 1 heterocycles. The summed E-state index contributed by atoms with van der Waals surface area (Å²) in [6.07, 6.45) is 0.951. The second-order valence-corrected chi connectivity index (χ2v) is 12.9.